The summed E-state index contributed by atoms with van der Waals surface area (Å²) in [5.74, 6) is 0. The number of fused-ring (bicyclic) bond motifs is 6. The highest BCUT2D eigenvalue weighted by molar-refractivity contribution is 6.17. The molecule has 0 aliphatic carbocycles. The van der Waals surface area contributed by atoms with Gasteiger partial charge in [-0.05, 0) is 259 Å². The summed E-state index contributed by atoms with van der Waals surface area (Å²) in [5.41, 5.74) is 26.4. The predicted octanol–water partition coefficient (Wildman–Crippen LogP) is 21.1. The number of rotatable bonds is 8. The van der Waals surface area contributed by atoms with Crippen LogP contribution in [0.4, 0.5) is 17.1 Å². The molecule has 0 saturated heterocycles. The number of hydrogen-bond acceptors (Lipinski definition) is 1. The lowest BCUT2D eigenvalue weighted by Gasteiger charge is -2.38. The van der Waals surface area contributed by atoms with Crippen LogP contribution in [0.5, 0.6) is 0 Å². The molecule has 0 aliphatic heterocycles. The van der Waals surface area contributed by atoms with Gasteiger partial charge in [0.1, 0.15) is 0 Å². The lowest BCUT2D eigenvalue weighted by molar-refractivity contribution is 0.905. The maximum Gasteiger partial charge on any atom is 0.0528 e. The molecule has 0 saturated carbocycles. The highest BCUT2D eigenvalue weighted by atomic mass is 15.2. The van der Waals surface area contributed by atoms with Crippen molar-refractivity contribution in [3.8, 4) is 33.4 Å². The third-order valence-electron chi connectivity index (χ3n) is 17.3. The molecule has 12 rings (SSSR count). The SMILES string of the molecule is CCCc1c(C)c(-c2c3ccccc3cc3ccccc23)c(C)c(C)c1N(c1cc(C)c(-c2c3ccccc3cc3ccccc23)c(C)c1C)c1c(C)c(C)c(-c2c3ccccc3cc3ccccc23)c(C)c1C. The standard InChI is InChI=1S/C73H65N/c1-12-25-58-51(11)68(71-63-36-23-17-30-56(63)41-57-31-18-24-37-64(57)71)47(7)50(10)73(58)74(65-38-42(2)66(44(4)43(65)3)69-59-32-19-13-26-52(59)39-53-27-14-20-33-60(53)69)72-48(8)45(5)67(46(6)49(72)9)70-61-34-21-15-28-54(61)40-55-29-16-22-35-62(55)70/h13-24,26-41H,12,25H2,1-11H3. The van der Waals surface area contributed by atoms with Crippen molar-refractivity contribution in [3.63, 3.8) is 0 Å². The van der Waals surface area contributed by atoms with Crippen molar-refractivity contribution < 1.29 is 0 Å². The Bertz CT molecular complexity index is 4120. The number of hydrogen-bond donors (Lipinski definition) is 0. The van der Waals surface area contributed by atoms with E-state index in [0.717, 1.165) is 12.8 Å². The van der Waals surface area contributed by atoms with Crippen molar-refractivity contribution in [1.29, 1.82) is 0 Å². The maximum atomic E-state index is 2.75. The summed E-state index contributed by atoms with van der Waals surface area (Å²) in [6.45, 7) is 26.3. The van der Waals surface area contributed by atoms with Crippen molar-refractivity contribution >= 4 is 81.7 Å². The average molecular weight is 956 g/mol. The lowest BCUT2D eigenvalue weighted by Crippen LogP contribution is -2.21. The molecule has 362 valence electrons. The number of anilines is 3. The van der Waals surface area contributed by atoms with Gasteiger partial charge in [0.25, 0.3) is 0 Å². The van der Waals surface area contributed by atoms with Gasteiger partial charge in [-0.15, -0.1) is 0 Å². The Balaban J connectivity index is 1.20. The summed E-state index contributed by atoms with van der Waals surface area (Å²) in [7, 11) is 0. The topological polar surface area (TPSA) is 3.24 Å². The van der Waals surface area contributed by atoms with E-state index in [1.54, 1.807) is 0 Å². The molecule has 0 atom stereocenters. The van der Waals surface area contributed by atoms with Crippen LogP contribution < -0.4 is 4.90 Å². The highest BCUT2D eigenvalue weighted by Gasteiger charge is 2.32. The van der Waals surface area contributed by atoms with Gasteiger partial charge in [0.15, 0.2) is 0 Å². The van der Waals surface area contributed by atoms with Gasteiger partial charge in [0, 0.05) is 5.69 Å². The fraction of sp³-hybridized carbons (Fsp3) is 0.178. The van der Waals surface area contributed by atoms with E-state index < -0.39 is 0 Å². The van der Waals surface area contributed by atoms with Crippen LogP contribution in [0.2, 0.25) is 0 Å². The lowest BCUT2D eigenvalue weighted by atomic mass is 9.80. The third kappa shape index (κ3) is 7.11. The minimum Gasteiger partial charge on any atom is -0.309 e. The normalized spacial score (nSPS) is 11.8. The Labute approximate surface area is 437 Å². The van der Waals surface area contributed by atoms with Gasteiger partial charge in [-0.2, -0.15) is 0 Å². The first-order valence-electron chi connectivity index (χ1n) is 26.8. The second kappa shape index (κ2) is 18.2. The summed E-state index contributed by atoms with van der Waals surface area (Å²) >= 11 is 0. The fourth-order valence-corrected chi connectivity index (χ4v) is 13.3. The number of benzene rings is 12. The van der Waals surface area contributed by atoms with E-state index >= 15 is 0 Å². The third-order valence-corrected chi connectivity index (χ3v) is 17.3. The molecule has 1 nitrogen and oxygen atoms in total. The first-order chi connectivity index (χ1) is 35.9. The molecule has 12 aromatic carbocycles. The Hall–Kier alpha value is -8.00. The van der Waals surface area contributed by atoms with Gasteiger partial charge in [0.2, 0.25) is 0 Å². The first kappa shape index (κ1) is 47.0. The Morgan fingerprint density at radius 1 is 0.284 bits per heavy atom. The molecule has 0 amide bonds. The van der Waals surface area contributed by atoms with E-state index in [9.17, 15) is 0 Å². The van der Waals surface area contributed by atoms with Gasteiger partial charge in [-0.25, -0.2) is 0 Å². The molecule has 0 unspecified atom stereocenters. The molecule has 0 radical (unpaired) electrons. The van der Waals surface area contributed by atoms with Crippen molar-refractivity contribution in [3.05, 3.63) is 231 Å². The zero-order valence-corrected chi connectivity index (χ0v) is 45.0. The number of aryl methyl sites for hydroxylation is 1. The molecular formula is C73H65N. The Morgan fingerprint density at radius 3 is 0.932 bits per heavy atom. The van der Waals surface area contributed by atoms with Gasteiger partial charge in [-0.3, -0.25) is 0 Å². The van der Waals surface area contributed by atoms with Crippen molar-refractivity contribution in [2.24, 2.45) is 0 Å². The van der Waals surface area contributed by atoms with Gasteiger partial charge in [0.05, 0.1) is 11.4 Å². The predicted molar refractivity (Wildman–Crippen MR) is 324 cm³/mol. The van der Waals surface area contributed by atoms with E-state index in [2.05, 4.69) is 251 Å². The van der Waals surface area contributed by atoms with Crippen molar-refractivity contribution in [1.82, 2.24) is 0 Å². The van der Waals surface area contributed by atoms with Crippen molar-refractivity contribution in [2.75, 3.05) is 4.90 Å². The monoisotopic (exact) mass is 956 g/mol. The van der Waals surface area contributed by atoms with Crippen LogP contribution in [-0.4, -0.2) is 0 Å². The van der Waals surface area contributed by atoms with Crippen LogP contribution in [0.25, 0.3) is 98.0 Å². The van der Waals surface area contributed by atoms with Crippen molar-refractivity contribution in [2.45, 2.75) is 89.0 Å². The molecule has 0 bridgehead atoms. The van der Waals surface area contributed by atoms with Gasteiger partial charge in [-0.1, -0.05) is 159 Å². The van der Waals surface area contributed by atoms with Gasteiger partial charge < -0.3 is 4.90 Å². The molecule has 0 heterocycles. The van der Waals surface area contributed by atoms with E-state index in [0.29, 0.717) is 0 Å². The summed E-state index contributed by atoms with van der Waals surface area (Å²) in [6.07, 6.45) is 1.97. The summed E-state index contributed by atoms with van der Waals surface area (Å²) < 4.78 is 0. The minimum absolute atomic E-state index is 0.946. The smallest absolute Gasteiger partial charge is 0.0528 e. The molecule has 0 N–H and O–H groups in total. The molecule has 0 fully saturated rings. The molecule has 0 aromatic heterocycles. The average Bonchev–Trinajstić information content (AvgIpc) is 3.42. The molecule has 0 aliphatic rings. The second-order valence-electron chi connectivity index (χ2n) is 21.3. The number of nitrogens with zero attached hydrogens (tertiary/aromatic N) is 1. The van der Waals surface area contributed by atoms with Crippen LogP contribution in [0.3, 0.4) is 0 Å². The zero-order valence-electron chi connectivity index (χ0n) is 45.0. The molecule has 1 heteroatoms. The molecule has 0 spiro atoms. The van der Waals surface area contributed by atoms with Crippen LogP contribution >= 0.6 is 0 Å². The Kier molecular flexibility index (Phi) is 11.6. The summed E-state index contributed by atoms with van der Waals surface area (Å²) in [6, 6.07) is 63.5. The maximum absolute atomic E-state index is 2.75. The largest absolute Gasteiger partial charge is 0.309 e. The molecular weight excluding hydrogens is 891 g/mol. The highest BCUT2D eigenvalue weighted by Crippen LogP contribution is 2.54. The van der Waals surface area contributed by atoms with E-state index in [1.807, 2.05) is 0 Å². The first-order valence-corrected chi connectivity index (χ1v) is 26.8. The van der Waals surface area contributed by atoms with E-state index in [1.165, 1.54) is 176 Å². The summed E-state index contributed by atoms with van der Waals surface area (Å²) in [5, 5.41) is 15.4. The zero-order chi connectivity index (χ0) is 51.3. The molecule has 74 heavy (non-hydrogen) atoms. The quantitative estimate of drug-likeness (QED) is 0.137. The molecule has 12 aromatic rings. The minimum atomic E-state index is 0.946. The Morgan fingerprint density at radius 2 is 0.581 bits per heavy atom. The van der Waals surface area contributed by atoms with E-state index in [4.69, 9.17) is 0 Å². The fourth-order valence-electron chi connectivity index (χ4n) is 13.3. The van der Waals surface area contributed by atoms with Gasteiger partial charge >= 0.3 is 0 Å². The second-order valence-corrected chi connectivity index (χ2v) is 21.3. The van der Waals surface area contributed by atoms with E-state index in [-0.39, 0.29) is 0 Å². The van der Waals surface area contributed by atoms with Crippen LogP contribution in [-0.2, 0) is 6.42 Å². The van der Waals surface area contributed by atoms with Crippen LogP contribution in [0.1, 0.15) is 74.5 Å². The van der Waals surface area contributed by atoms with Crippen LogP contribution in [0, 0.1) is 69.2 Å². The van der Waals surface area contributed by atoms with Crippen LogP contribution in [0.15, 0.2) is 170 Å². The summed E-state index contributed by atoms with van der Waals surface area (Å²) in [4.78, 5) is 2.75.